The molecule has 1 aliphatic rings. The largest absolute Gasteiger partial charge is 0.493 e. The first kappa shape index (κ1) is 13.1. The lowest BCUT2D eigenvalue weighted by atomic mass is 10.0. The highest BCUT2D eigenvalue weighted by atomic mass is 35.5. The van der Waals surface area contributed by atoms with Crippen molar-refractivity contribution < 1.29 is 9.47 Å². The molecular weight excluding hydrogens is 274 g/mol. The van der Waals surface area contributed by atoms with Crippen LogP contribution in [0.3, 0.4) is 0 Å². The molecule has 20 heavy (non-hydrogen) atoms. The molecule has 0 fully saturated rings. The van der Waals surface area contributed by atoms with E-state index in [2.05, 4.69) is 17.4 Å². The minimum Gasteiger partial charge on any atom is -0.493 e. The van der Waals surface area contributed by atoms with E-state index >= 15 is 0 Å². The van der Waals surface area contributed by atoms with Crippen LogP contribution in [0.1, 0.15) is 17.2 Å². The molecule has 0 saturated heterocycles. The summed E-state index contributed by atoms with van der Waals surface area (Å²) in [6.45, 7) is 0. The Morgan fingerprint density at radius 2 is 1.85 bits per heavy atom. The SMILES string of the molecule is COc1ccc(C2Cc3ccc(Cl)cc3N2)cc1OC. The number of fused-ring (bicyclic) bond motifs is 1. The number of hydrogen-bond donors (Lipinski definition) is 1. The fourth-order valence-corrected chi connectivity index (χ4v) is 2.76. The minimum absolute atomic E-state index is 0.239. The van der Waals surface area contributed by atoms with Gasteiger partial charge in [-0.25, -0.2) is 0 Å². The van der Waals surface area contributed by atoms with E-state index in [1.807, 2.05) is 24.3 Å². The summed E-state index contributed by atoms with van der Waals surface area (Å²) < 4.78 is 10.6. The molecule has 1 atom stereocenters. The maximum absolute atomic E-state index is 6.03. The Hall–Kier alpha value is -1.87. The maximum Gasteiger partial charge on any atom is 0.161 e. The highest BCUT2D eigenvalue weighted by molar-refractivity contribution is 6.30. The molecule has 0 aliphatic carbocycles. The highest BCUT2D eigenvalue weighted by Crippen LogP contribution is 2.38. The van der Waals surface area contributed by atoms with Crippen molar-refractivity contribution in [3.63, 3.8) is 0 Å². The second kappa shape index (κ2) is 5.25. The Balaban J connectivity index is 1.89. The van der Waals surface area contributed by atoms with E-state index in [-0.39, 0.29) is 6.04 Å². The Bertz CT molecular complexity index is 642. The molecule has 0 bridgehead atoms. The number of halogens is 1. The van der Waals surface area contributed by atoms with E-state index in [1.54, 1.807) is 14.2 Å². The first-order valence-electron chi connectivity index (χ1n) is 6.48. The molecule has 1 aliphatic heterocycles. The number of ether oxygens (including phenoxy) is 2. The van der Waals surface area contributed by atoms with Crippen LogP contribution in [-0.4, -0.2) is 14.2 Å². The van der Waals surface area contributed by atoms with Gasteiger partial charge < -0.3 is 14.8 Å². The molecule has 2 aromatic rings. The Morgan fingerprint density at radius 1 is 1.05 bits per heavy atom. The van der Waals surface area contributed by atoms with Crippen molar-refractivity contribution in [1.82, 2.24) is 0 Å². The summed E-state index contributed by atoms with van der Waals surface area (Å²) in [5.41, 5.74) is 3.57. The lowest BCUT2D eigenvalue weighted by molar-refractivity contribution is 0.354. The van der Waals surface area contributed by atoms with Crippen molar-refractivity contribution in [2.24, 2.45) is 0 Å². The Labute approximate surface area is 123 Å². The molecule has 0 amide bonds. The summed E-state index contributed by atoms with van der Waals surface area (Å²) in [5, 5.41) is 4.25. The van der Waals surface area contributed by atoms with Gasteiger partial charge in [0.05, 0.1) is 20.3 Å². The van der Waals surface area contributed by atoms with Gasteiger partial charge in [0.1, 0.15) is 0 Å². The van der Waals surface area contributed by atoms with Gasteiger partial charge in [0, 0.05) is 10.7 Å². The molecule has 1 unspecified atom stereocenters. The summed E-state index contributed by atoms with van der Waals surface area (Å²) in [7, 11) is 3.29. The van der Waals surface area contributed by atoms with E-state index < -0.39 is 0 Å². The molecule has 0 spiro atoms. The molecular formula is C16H16ClNO2. The highest BCUT2D eigenvalue weighted by Gasteiger charge is 2.23. The van der Waals surface area contributed by atoms with Crippen LogP contribution in [0.15, 0.2) is 36.4 Å². The van der Waals surface area contributed by atoms with E-state index in [0.717, 1.165) is 28.6 Å². The predicted molar refractivity (Wildman–Crippen MR) is 81.1 cm³/mol. The van der Waals surface area contributed by atoms with Crippen LogP contribution in [0.4, 0.5) is 5.69 Å². The Morgan fingerprint density at radius 3 is 2.60 bits per heavy atom. The van der Waals surface area contributed by atoms with E-state index in [4.69, 9.17) is 21.1 Å². The Kier molecular flexibility index (Phi) is 3.45. The van der Waals surface area contributed by atoms with Crippen molar-refractivity contribution >= 4 is 17.3 Å². The molecule has 0 saturated carbocycles. The van der Waals surface area contributed by atoms with Crippen molar-refractivity contribution in [1.29, 1.82) is 0 Å². The van der Waals surface area contributed by atoms with Gasteiger partial charge >= 0.3 is 0 Å². The third kappa shape index (κ3) is 2.29. The van der Waals surface area contributed by atoms with Gasteiger partial charge in [0.15, 0.2) is 11.5 Å². The van der Waals surface area contributed by atoms with E-state index in [9.17, 15) is 0 Å². The zero-order chi connectivity index (χ0) is 14.1. The van der Waals surface area contributed by atoms with Crippen LogP contribution in [0.5, 0.6) is 11.5 Å². The van der Waals surface area contributed by atoms with Crippen molar-refractivity contribution in [2.75, 3.05) is 19.5 Å². The molecule has 0 radical (unpaired) electrons. The number of nitrogens with one attached hydrogen (secondary N) is 1. The smallest absolute Gasteiger partial charge is 0.161 e. The van der Waals surface area contributed by atoms with Crippen LogP contribution < -0.4 is 14.8 Å². The van der Waals surface area contributed by atoms with Crippen LogP contribution in [-0.2, 0) is 6.42 Å². The lowest BCUT2D eigenvalue weighted by Gasteiger charge is -2.15. The maximum atomic E-state index is 6.03. The van der Waals surface area contributed by atoms with Crippen LogP contribution >= 0.6 is 11.6 Å². The summed E-state index contributed by atoms with van der Waals surface area (Å²) in [6, 6.07) is 12.2. The van der Waals surface area contributed by atoms with Gasteiger partial charge in [-0.1, -0.05) is 23.7 Å². The van der Waals surface area contributed by atoms with E-state index in [0.29, 0.717) is 0 Å². The van der Waals surface area contributed by atoms with Gasteiger partial charge in [0.25, 0.3) is 0 Å². The quantitative estimate of drug-likeness (QED) is 0.924. The average Bonchev–Trinajstić information content (AvgIpc) is 2.89. The third-order valence-corrected chi connectivity index (χ3v) is 3.87. The van der Waals surface area contributed by atoms with Crippen molar-refractivity contribution in [2.45, 2.75) is 12.5 Å². The molecule has 0 aromatic heterocycles. The average molecular weight is 290 g/mol. The first-order valence-corrected chi connectivity index (χ1v) is 6.86. The summed E-state index contributed by atoms with van der Waals surface area (Å²) in [4.78, 5) is 0. The third-order valence-electron chi connectivity index (χ3n) is 3.64. The fraction of sp³-hybridized carbons (Fsp3) is 0.250. The van der Waals surface area contributed by atoms with Crippen molar-refractivity contribution in [3.8, 4) is 11.5 Å². The number of methoxy groups -OCH3 is 2. The van der Waals surface area contributed by atoms with Gasteiger partial charge in [-0.05, 0) is 41.8 Å². The lowest BCUT2D eigenvalue weighted by Crippen LogP contribution is -2.06. The van der Waals surface area contributed by atoms with Gasteiger partial charge in [-0.2, -0.15) is 0 Å². The van der Waals surface area contributed by atoms with Gasteiger partial charge in [-0.3, -0.25) is 0 Å². The molecule has 1 N–H and O–H groups in total. The van der Waals surface area contributed by atoms with E-state index in [1.165, 1.54) is 11.1 Å². The molecule has 3 rings (SSSR count). The van der Waals surface area contributed by atoms with Crippen LogP contribution in [0.2, 0.25) is 5.02 Å². The van der Waals surface area contributed by atoms with Crippen molar-refractivity contribution in [3.05, 3.63) is 52.5 Å². The number of benzene rings is 2. The summed E-state index contributed by atoms with van der Waals surface area (Å²) >= 11 is 6.03. The summed E-state index contributed by atoms with van der Waals surface area (Å²) in [6.07, 6.45) is 0.946. The molecule has 4 heteroatoms. The fourth-order valence-electron chi connectivity index (χ4n) is 2.59. The molecule has 1 heterocycles. The second-order valence-electron chi connectivity index (χ2n) is 4.82. The normalized spacial score (nSPS) is 16.4. The monoisotopic (exact) mass is 289 g/mol. The first-order chi connectivity index (χ1) is 9.71. The second-order valence-corrected chi connectivity index (χ2v) is 5.25. The molecule has 2 aromatic carbocycles. The molecule has 104 valence electrons. The zero-order valence-corrected chi connectivity index (χ0v) is 12.2. The van der Waals surface area contributed by atoms with Gasteiger partial charge in [0.2, 0.25) is 0 Å². The van der Waals surface area contributed by atoms with Crippen LogP contribution in [0, 0.1) is 0 Å². The number of hydrogen-bond acceptors (Lipinski definition) is 3. The number of anilines is 1. The summed E-state index contributed by atoms with van der Waals surface area (Å²) in [5.74, 6) is 1.50. The van der Waals surface area contributed by atoms with Crippen LogP contribution in [0.25, 0.3) is 0 Å². The zero-order valence-electron chi connectivity index (χ0n) is 11.4. The van der Waals surface area contributed by atoms with Gasteiger partial charge in [-0.15, -0.1) is 0 Å². The standard InChI is InChI=1S/C16H16ClNO2/c1-19-15-6-4-11(8-16(15)20-2)13-7-10-3-5-12(17)9-14(10)18-13/h3-6,8-9,13,18H,7H2,1-2H3. The number of rotatable bonds is 3. The molecule has 3 nitrogen and oxygen atoms in total. The topological polar surface area (TPSA) is 30.5 Å². The minimum atomic E-state index is 0.239. The predicted octanol–water partition coefficient (Wildman–Crippen LogP) is 4.07.